The van der Waals surface area contributed by atoms with Crippen LogP contribution in [0.3, 0.4) is 0 Å². The highest BCUT2D eigenvalue weighted by Gasteiger charge is 2.34. The van der Waals surface area contributed by atoms with Crippen molar-refractivity contribution in [2.75, 3.05) is 13.7 Å². The molecule has 110 valence electrons. The lowest BCUT2D eigenvalue weighted by molar-refractivity contribution is 0.0599. The maximum atomic E-state index is 11.8. The van der Waals surface area contributed by atoms with Gasteiger partial charge in [-0.25, -0.2) is 4.79 Å². The average molecular weight is 275 g/mol. The molecular formula is C17H25NO2. The van der Waals surface area contributed by atoms with Crippen molar-refractivity contribution in [2.45, 2.75) is 52.1 Å². The highest BCUT2D eigenvalue weighted by Crippen LogP contribution is 2.37. The molecule has 1 aromatic rings. The van der Waals surface area contributed by atoms with E-state index in [1.807, 2.05) is 19.1 Å². The largest absolute Gasteiger partial charge is 0.465 e. The predicted molar refractivity (Wildman–Crippen MR) is 81.0 cm³/mol. The van der Waals surface area contributed by atoms with Gasteiger partial charge in [0.15, 0.2) is 0 Å². The molecule has 1 fully saturated rings. The summed E-state index contributed by atoms with van der Waals surface area (Å²) in [4.78, 5) is 14.4. The van der Waals surface area contributed by atoms with E-state index < -0.39 is 0 Å². The van der Waals surface area contributed by atoms with Crippen molar-refractivity contribution in [3.8, 4) is 0 Å². The zero-order chi connectivity index (χ0) is 14.9. The lowest BCUT2D eigenvalue weighted by atomic mass is 9.96. The van der Waals surface area contributed by atoms with E-state index in [-0.39, 0.29) is 11.5 Å². The van der Waals surface area contributed by atoms with Crippen LogP contribution in [0, 0.1) is 6.92 Å². The van der Waals surface area contributed by atoms with E-state index in [2.05, 4.69) is 31.7 Å². The van der Waals surface area contributed by atoms with Crippen LogP contribution in [0.15, 0.2) is 18.2 Å². The highest BCUT2D eigenvalue weighted by molar-refractivity contribution is 5.91. The molecule has 0 aromatic heterocycles. The van der Waals surface area contributed by atoms with E-state index in [0.717, 1.165) is 18.5 Å². The highest BCUT2D eigenvalue weighted by atomic mass is 16.5. The Balaban J connectivity index is 2.36. The van der Waals surface area contributed by atoms with Crippen LogP contribution in [-0.2, 0) is 4.74 Å². The molecule has 20 heavy (non-hydrogen) atoms. The molecule has 3 nitrogen and oxygen atoms in total. The third-order valence-corrected chi connectivity index (χ3v) is 4.17. The van der Waals surface area contributed by atoms with Gasteiger partial charge in [0.25, 0.3) is 0 Å². The Hall–Kier alpha value is -1.35. The van der Waals surface area contributed by atoms with Crippen molar-refractivity contribution in [2.24, 2.45) is 0 Å². The number of hydrogen-bond donors (Lipinski definition) is 0. The van der Waals surface area contributed by atoms with E-state index in [1.165, 1.54) is 19.1 Å². The van der Waals surface area contributed by atoms with Crippen molar-refractivity contribution in [3.63, 3.8) is 0 Å². The summed E-state index contributed by atoms with van der Waals surface area (Å²) >= 11 is 0. The summed E-state index contributed by atoms with van der Waals surface area (Å²) < 4.78 is 4.88. The number of carbonyl (C=O) groups excluding carboxylic acids is 1. The van der Waals surface area contributed by atoms with E-state index in [1.54, 1.807) is 0 Å². The zero-order valence-electron chi connectivity index (χ0n) is 13.2. The first-order valence-corrected chi connectivity index (χ1v) is 7.30. The monoisotopic (exact) mass is 275 g/mol. The van der Waals surface area contributed by atoms with Crippen LogP contribution in [0.2, 0.25) is 0 Å². The summed E-state index contributed by atoms with van der Waals surface area (Å²) in [5, 5.41) is 0. The fourth-order valence-corrected chi connectivity index (χ4v) is 3.09. The van der Waals surface area contributed by atoms with Gasteiger partial charge in [-0.1, -0.05) is 12.1 Å². The Labute approximate surface area is 121 Å². The SMILES string of the molecule is COC(=O)c1cc(C2CCCN2C(C)(C)C)ccc1C. The van der Waals surface area contributed by atoms with Gasteiger partial charge >= 0.3 is 5.97 Å². The number of aryl methyl sites for hydroxylation is 1. The Morgan fingerprint density at radius 1 is 1.35 bits per heavy atom. The number of likely N-dealkylation sites (tertiary alicyclic amines) is 1. The summed E-state index contributed by atoms with van der Waals surface area (Å²) in [7, 11) is 1.44. The Morgan fingerprint density at radius 3 is 2.65 bits per heavy atom. The molecule has 1 unspecified atom stereocenters. The maximum absolute atomic E-state index is 11.8. The molecule has 0 spiro atoms. The van der Waals surface area contributed by atoms with E-state index in [4.69, 9.17) is 4.74 Å². The number of ether oxygens (including phenoxy) is 1. The zero-order valence-corrected chi connectivity index (χ0v) is 13.2. The summed E-state index contributed by atoms with van der Waals surface area (Å²) in [6.07, 6.45) is 2.37. The molecule has 1 saturated heterocycles. The smallest absolute Gasteiger partial charge is 0.338 e. The van der Waals surface area contributed by atoms with Crippen LogP contribution in [0.4, 0.5) is 0 Å². The molecular weight excluding hydrogens is 250 g/mol. The van der Waals surface area contributed by atoms with Gasteiger partial charge in [-0.2, -0.15) is 0 Å². The van der Waals surface area contributed by atoms with E-state index in [9.17, 15) is 4.79 Å². The molecule has 0 amide bonds. The molecule has 0 radical (unpaired) electrons. The van der Waals surface area contributed by atoms with E-state index in [0.29, 0.717) is 11.6 Å². The topological polar surface area (TPSA) is 29.5 Å². The first-order valence-electron chi connectivity index (χ1n) is 7.30. The second-order valence-electron chi connectivity index (χ2n) is 6.59. The molecule has 0 saturated carbocycles. The van der Waals surface area contributed by atoms with Gasteiger partial charge in [-0.05, 0) is 64.3 Å². The third kappa shape index (κ3) is 2.88. The van der Waals surface area contributed by atoms with E-state index >= 15 is 0 Å². The van der Waals surface area contributed by atoms with Gasteiger partial charge in [0, 0.05) is 11.6 Å². The minimum Gasteiger partial charge on any atom is -0.465 e. The molecule has 1 atom stereocenters. The van der Waals surface area contributed by atoms with Crippen molar-refractivity contribution >= 4 is 5.97 Å². The molecule has 2 rings (SSSR count). The molecule has 1 aromatic carbocycles. The summed E-state index contributed by atoms with van der Waals surface area (Å²) in [6.45, 7) is 9.82. The Kier molecular flexibility index (Phi) is 4.19. The van der Waals surface area contributed by atoms with Gasteiger partial charge in [-0.3, -0.25) is 4.90 Å². The number of carbonyl (C=O) groups is 1. The number of nitrogens with zero attached hydrogens (tertiary/aromatic N) is 1. The van der Waals surface area contributed by atoms with Gasteiger partial charge in [0.05, 0.1) is 12.7 Å². The number of rotatable bonds is 2. The maximum Gasteiger partial charge on any atom is 0.338 e. The van der Waals surface area contributed by atoms with Crippen LogP contribution >= 0.6 is 0 Å². The molecule has 1 aliphatic heterocycles. The van der Waals surface area contributed by atoms with Crippen LogP contribution < -0.4 is 0 Å². The van der Waals surface area contributed by atoms with Crippen molar-refractivity contribution in [1.29, 1.82) is 0 Å². The third-order valence-electron chi connectivity index (χ3n) is 4.17. The van der Waals surface area contributed by atoms with Crippen molar-refractivity contribution < 1.29 is 9.53 Å². The minimum atomic E-state index is -0.246. The molecule has 1 heterocycles. The second-order valence-corrected chi connectivity index (χ2v) is 6.59. The number of methoxy groups -OCH3 is 1. The summed E-state index contributed by atoms with van der Waals surface area (Å²) in [6, 6.07) is 6.59. The fraction of sp³-hybridized carbons (Fsp3) is 0.588. The van der Waals surface area contributed by atoms with Crippen LogP contribution in [0.25, 0.3) is 0 Å². The fourth-order valence-electron chi connectivity index (χ4n) is 3.09. The lowest BCUT2D eigenvalue weighted by Crippen LogP contribution is -2.40. The number of hydrogen-bond acceptors (Lipinski definition) is 3. The standard InChI is InChI=1S/C17H25NO2/c1-12-8-9-13(11-14(12)16(19)20-5)15-7-6-10-18(15)17(2,3)4/h8-9,11,15H,6-7,10H2,1-5H3. The molecule has 0 bridgehead atoms. The van der Waals surface area contributed by atoms with Crippen molar-refractivity contribution in [1.82, 2.24) is 4.90 Å². The van der Waals surface area contributed by atoms with Gasteiger partial charge in [-0.15, -0.1) is 0 Å². The quantitative estimate of drug-likeness (QED) is 0.770. The van der Waals surface area contributed by atoms with Gasteiger partial charge in [0.2, 0.25) is 0 Å². The number of esters is 1. The van der Waals surface area contributed by atoms with Gasteiger partial charge < -0.3 is 4.74 Å². The summed E-state index contributed by atoms with van der Waals surface area (Å²) in [5.74, 6) is -0.246. The number of benzene rings is 1. The first kappa shape index (κ1) is 15.0. The normalized spacial score (nSPS) is 20.1. The van der Waals surface area contributed by atoms with Gasteiger partial charge in [0.1, 0.15) is 0 Å². The Bertz CT molecular complexity index is 502. The Morgan fingerprint density at radius 2 is 2.05 bits per heavy atom. The predicted octanol–water partition coefficient (Wildman–Crippen LogP) is 3.72. The molecule has 3 heteroatoms. The lowest BCUT2D eigenvalue weighted by Gasteiger charge is -2.37. The minimum absolute atomic E-state index is 0.150. The summed E-state index contributed by atoms with van der Waals surface area (Å²) in [5.41, 5.74) is 3.03. The molecule has 0 aliphatic carbocycles. The van der Waals surface area contributed by atoms with Crippen LogP contribution in [-0.4, -0.2) is 30.1 Å². The molecule has 1 aliphatic rings. The molecule has 0 N–H and O–H groups in total. The average Bonchev–Trinajstić information content (AvgIpc) is 2.87. The second kappa shape index (κ2) is 5.57. The van der Waals surface area contributed by atoms with Crippen LogP contribution in [0.5, 0.6) is 0 Å². The first-order chi connectivity index (χ1) is 9.34. The van der Waals surface area contributed by atoms with Crippen LogP contribution in [0.1, 0.15) is 61.1 Å². The van der Waals surface area contributed by atoms with Crippen molar-refractivity contribution in [3.05, 3.63) is 34.9 Å².